The summed E-state index contributed by atoms with van der Waals surface area (Å²) in [6.07, 6.45) is 3.53. The molecule has 3 heterocycles. The van der Waals surface area contributed by atoms with Crippen LogP contribution in [0.4, 0.5) is 0 Å². The molecule has 2 aliphatic carbocycles. The molecule has 202 valence electrons. The van der Waals surface area contributed by atoms with E-state index in [1.165, 1.54) is 7.11 Å². The molecule has 0 aromatic carbocycles. The van der Waals surface area contributed by atoms with E-state index in [9.17, 15) is 19.8 Å². The lowest BCUT2D eigenvalue weighted by Gasteiger charge is -2.48. The molecular weight excluding hydrogens is 478 g/mol. The Bertz CT molecular complexity index is 1080. The van der Waals surface area contributed by atoms with Gasteiger partial charge in [-0.15, -0.1) is 0 Å². The number of esters is 2. The first-order valence-corrected chi connectivity index (χ1v) is 13.1. The predicted octanol–water partition coefficient (Wildman–Crippen LogP) is 2.40. The van der Waals surface area contributed by atoms with Crippen molar-refractivity contribution in [1.82, 2.24) is 4.98 Å². The Hall–Kier alpha value is -2.46. The summed E-state index contributed by atoms with van der Waals surface area (Å²) < 4.78 is 24.2. The number of hydrogen-bond acceptors (Lipinski definition) is 8. The third-order valence-corrected chi connectivity index (χ3v) is 8.94. The fourth-order valence-electron chi connectivity index (χ4n) is 7.14. The van der Waals surface area contributed by atoms with Crippen molar-refractivity contribution in [2.45, 2.75) is 76.3 Å². The van der Waals surface area contributed by atoms with Crippen molar-refractivity contribution in [2.75, 3.05) is 7.11 Å². The molecule has 5 rings (SSSR count). The molecule has 0 radical (unpaired) electrons. The summed E-state index contributed by atoms with van der Waals surface area (Å²) in [5.74, 6) is -2.49. The lowest BCUT2D eigenvalue weighted by Crippen LogP contribution is -2.57. The highest BCUT2D eigenvalue weighted by atomic mass is 16.6. The lowest BCUT2D eigenvalue weighted by molar-refractivity contribution is -0.172. The number of ether oxygens (including phenoxy) is 4. The number of hydrogen-bond donors (Lipinski definition) is 3. The van der Waals surface area contributed by atoms with Gasteiger partial charge in [-0.2, -0.15) is 0 Å². The lowest BCUT2D eigenvalue weighted by atomic mass is 9.57. The van der Waals surface area contributed by atoms with Crippen LogP contribution in [0.15, 0.2) is 42.1 Å². The summed E-state index contributed by atoms with van der Waals surface area (Å²) in [6.45, 7) is 7.35. The van der Waals surface area contributed by atoms with Crippen LogP contribution in [0, 0.1) is 29.6 Å². The summed E-state index contributed by atoms with van der Waals surface area (Å²) >= 11 is 0. The highest BCUT2D eigenvalue weighted by molar-refractivity contribution is 5.87. The molecule has 1 aromatic heterocycles. The number of H-pyrrole nitrogens is 1. The number of aromatic amines is 1. The van der Waals surface area contributed by atoms with E-state index in [0.717, 1.165) is 5.57 Å². The van der Waals surface area contributed by atoms with E-state index in [1.54, 1.807) is 25.3 Å². The minimum atomic E-state index is -0.933. The number of rotatable bonds is 4. The van der Waals surface area contributed by atoms with Gasteiger partial charge in [0.05, 0.1) is 12.2 Å². The number of carbonyl (C=O) groups is 2. The Morgan fingerprint density at radius 3 is 2.70 bits per heavy atom. The third kappa shape index (κ3) is 4.07. The molecule has 1 spiro atoms. The summed E-state index contributed by atoms with van der Waals surface area (Å²) in [5.41, 5.74) is 0.301. The second-order valence-corrected chi connectivity index (χ2v) is 11.1. The van der Waals surface area contributed by atoms with Crippen LogP contribution in [0.2, 0.25) is 0 Å². The number of cyclic esters (lactones) is 1. The summed E-state index contributed by atoms with van der Waals surface area (Å²) in [6, 6.07) is 3.37. The molecule has 37 heavy (non-hydrogen) atoms. The minimum Gasteiger partial charge on any atom is -0.457 e. The zero-order valence-electron chi connectivity index (χ0n) is 21.9. The SMILES string of the molecule is CO[C@@H]1C[C@H]2C=C[C@H]3[C@H]4O[C@]2(C(C)=C[C@@H](C)[C@H](C(C)O)OC1=O)[C@@H]3[C@H](O)[C@@H](C)[C@H]4OC(=O)c1ccc[nH]1. The molecule has 3 N–H and O–H groups in total. The summed E-state index contributed by atoms with van der Waals surface area (Å²) in [5, 5.41) is 22.1. The molecule has 1 unspecified atom stereocenters. The van der Waals surface area contributed by atoms with Crippen LogP contribution in [-0.2, 0) is 23.7 Å². The first kappa shape index (κ1) is 26.2. The first-order chi connectivity index (χ1) is 17.6. The smallest absolute Gasteiger partial charge is 0.355 e. The van der Waals surface area contributed by atoms with Crippen LogP contribution in [-0.4, -0.2) is 76.5 Å². The van der Waals surface area contributed by atoms with Crippen molar-refractivity contribution in [2.24, 2.45) is 29.6 Å². The predicted molar refractivity (Wildman–Crippen MR) is 132 cm³/mol. The van der Waals surface area contributed by atoms with Gasteiger partial charge >= 0.3 is 11.9 Å². The largest absolute Gasteiger partial charge is 0.457 e. The van der Waals surface area contributed by atoms with Gasteiger partial charge in [0.25, 0.3) is 0 Å². The fourth-order valence-corrected chi connectivity index (χ4v) is 7.14. The van der Waals surface area contributed by atoms with Crippen LogP contribution in [0.1, 0.15) is 44.6 Å². The summed E-state index contributed by atoms with van der Waals surface area (Å²) in [4.78, 5) is 28.8. The molecule has 9 nitrogen and oxygen atoms in total. The van der Waals surface area contributed by atoms with Crippen LogP contribution in [0.25, 0.3) is 0 Å². The maximum atomic E-state index is 13.1. The molecule has 2 fully saturated rings. The number of methoxy groups -OCH3 is 1. The van der Waals surface area contributed by atoms with E-state index in [-0.39, 0.29) is 36.0 Å². The van der Waals surface area contributed by atoms with E-state index in [0.29, 0.717) is 5.69 Å². The maximum absolute atomic E-state index is 13.1. The van der Waals surface area contributed by atoms with Gasteiger partial charge in [-0.05, 0) is 38.0 Å². The maximum Gasteiger partial charge on any atom is 0.355 e. The fraction of sp³-hybridized carbons (Fsp3) is 0.643. The van der Waals surface area contributed by atoms with Crippen molar-refractivity contribution in [3.05, 3.63) is 47.8 Å². The molecule has 12 atom stereocenters. The highest BCUT2D eigenvalue weighted by Crippen LogP contribution is 2.61. The Labute approximate surface area is 216 Å². The Morgan fingerprint density at radius 1 is 1.30 bits per heavy atom. The van der Waals surface area contributed by atoms with Gasteiger partial charge in [0.2, 0.25) is 0 Å². The average molecular weight is 516 g/mol. The van der Waals surface area contributed by atoms with E-state index >= 15 is 0 Å². The quantitative estimate of drug-likeness (QED) is 0.412. The monoisotopic (exact) mass is 515 g/mol. The zero-order chi connectivity index (χ0) is 26.6. The van der Waals surface area contributed by atoms with E-state index in [2.05, 4.69) is 4.98 Å². The Kier molecular flexibility index (Phi) is 6.85. The van der Waals surface area contributed by atoms with Gasteiger partial charge in [0.15, 0.2) is 6.10 Å². The molecule has 4 aliphatic rings. The van der Waals surface area contributed by atoms with Gasteiger partial charge in [0, 0.05) is 42.9 Å². The van der Waals surface area contributed by atoms with Gasteiger partial charge in [-0.1, -0.05) is 32.1 Å². The summed E-state index contributed by atoms with van der Waals surface area (Å²) in [7, 11) is 1.46. The number of aliphatic hydroxyl groups is 2. The Balaban J connectivity index is 1.58. The number of aromatic nitrogens is 1. The number of aliphatic hydroxyl groups excluding tert-OH is 2. The standard InChI is InChI=1S/C28H37NO8/c1-13-11-14(2)28-17(12-20(34-5)27(33)35-23(13)16(4)30)8-9-18-21(28)22(31)15(3)24(25(18)37-28)36-26(32)19-7-6-10-29-19/h6-11,13,15-18,20-25,29-31H,12H2,1-5H3/t13-,15-,16?,17-,18-,20-,21+,22-,23-,24-,25-,28+/m1/s1. The number of carbonyl (C=O) groups excluding carboxylic acids is 2. The van der Waals surface area contributed by atoms with Gasteiger partial charge in [0.1, 0.15) is 29.6 Å². The van der Waals surface area contributed by atoms with Crippen molar-refractivity contribution in [3.63, 3.8) is 0 Å². The highest BCUT2D eigenvalue weighted by Gasteiger charge is 2.69. The zero-order valence-corrected chi connectivity index (χ0v) is 21.9. The van der Waals surface area contributed by atoms with Gasteiger partial charge in [-0.25, -0.2) is 9.59 Å². The number of nitrogens with one attached hydrogen (secondary N) is 1. The van der Waals surface area contributed by atoms with Crippen molar-refractivity contribution < 1.29 is 38.7 Å². The molecule has 1 saturated heterocycles. The minimum absolute atomic E-state index is 0.175. The average Bonchev–Trinajstić information content (AvgIpc) is 3.46. The molecule has 4 bridgehead atoms. The Morgan fingerprint density at radius 2 is 2.05 bits per heavy atom. The third-order valence-electron chi connectivity index (χ3n) is 8.94. The normalized spacial score (nSPS) is 43.9. The molecule has 2 aliphatic heterocycles. The molecule has 1 aromatic rings. The van der Waals surface area contributed by atoms with Crippen LogP contribution < -0.4 is 0 Å². The first-order valence-electron chi connectivity index (χ1n) is 13.1. The van der Waals surface area contributed by atoms with Crippen molar-refractivity contribution in [3.8, 4) is 0 Å². The van der Waals surface area contributed by atoms with Gasteiger partial charge in [-0.3, -0.25) is 0 Å². The van der Waals surface area contributed by atoms with E-state index in [4.69, 9.17) is 18.9 Å². The topological polar surface area (TPSA) is 127 Å². The molecule has 0 amide bonds. The molecular formula is C28H37NO8. The second kappa shape index (κ2) is 9.69. The second-order valence-electron chi connectivity index (χ2n) is 11.1. The van der Waals surface area contributed by atoms with E-state index < -0.39 is 54.2 Å². The van der Waals surface area contributed by atoms with Gasteiger partial charge < -0.3 is 34.1 Å². The van der Waals surface area contributed by atoms with Crippen molar-refractivity contribution in [1.29, 1.82) is 0 Å². The van der Waals surface area contributed by atoms with Crippen LogP contribution in [0.3, 0.4) is 0 Å². The molecule has 9 heteroatoms. The van der Waals surface area contributed by atoms with Crippen LogP contribution >= 0.6 is 0 Å². The van der Waals surface area contributed by atoms with Crippen molar-refractivity contribution >= 4 is 11.9 Å². The van der Waals surface area contributed by atoms with Crippen LogP contribution in [0.5, 0.6) is 0 Å². The molecule has 1 saturated carbocycles. The van der Waals surface area contributed by atoms with E-state index in [1.807, 2.05) is 39.0 Å².